The molecule has 0 aliphatic carbocycles. The molecule has 4 nitrogen and oxygen atoms in total. The first kappa shape index (κ1) is 12.3. The fourth-order valence-electron chi connectivity index (χ4n) is 0.196. The Hall–Kier alpha value is 0.576. The summed E-state index contributed by atoms with van der Waals surface area (Å²) in [5, 5.41) is 7.91. The van der Waals surface area contributed by atoms with Crippen LogP contribution in [0.5, 0.6) is 0 Å². The van der Waals surface area contributed by atoms with Gasteiger partial charge in [-0.05, 0) is 0 Å². The van der Waals surface area contributed by atoms with Crippen molar-refractivity contribution in [2.45, 2.75) is 6.42 Å². The number of hydrogen-bond acceptors (Lipinski definition) is 3. The molecule has 0 unspecified atom stereocenters. The zero-order valence-electron chi connectivity index (χ0n) is 4.38. The fourth-order valence-corrected chi connectivity index (χ4v) is 0.196. The molecule has 0 aromatic carbocycles. The minimum atomic E-state index is -1.17. The van der Waals surface area contributed by atoms with E-state index < -0.39 is 18.4 Å². The van der Waals surface area contributed by atoms with Gasteiger partial charge in [0.25, 0.3) is 0 Å². The first-order valence-corrected chi connectivity index (χ1v) is 1.95. The summed E-state index contributed by atoms with van der Waals surface area (Å²) in [5.74, 6) is -1.89. The molecular weight excluding hydrogens is 151 g/mol. The number of carboxylic acid groups (broad SMARTS) is 1. The van der Waals surface area contributed by atoms with Crippen molar-refractivity contribution in [1.29, 1.82) is 0 Å². The first-order chi connectivity index (χ1) is 3.66. The summed E-state index contributed by atoms with van der Waals surface area (Å²) in [7, 11) is 1.14. The Kier molecular flexibility index (Phi) is 9.13. The molecule has 0 bridgehead atoms. The maximum absolute atomic E-state index is 10.0. The molecule has 0 fully saturated rings. The Labute approximate surface area is 95.0 Å². The average Bonchev–Trinajstić information content (AvgIpc) is 1.65. The number of ether oxygens (including phenoxy) is 1. The zero-order valence-corrected chi connectivity index (χ0v) is 4.38. The van der Waals surface area contributed by atoms with Crippen molar-refractivity contribution < 1.29 is 19.4 Å². The van der Waals surface area contributed by atoms with Gasteiger partial charge >= 0.3 is 63.3 Å². The second kappa shape index (κ2) is 6.69. The molecule has 0 atom stereocenters. The zero-order chi connectivity index (χ0) is 6.57. The number of esters is 1. The molecule has 0 radical (unpaired) electrons. The van der Waals surface area contributed by atoms with Crippen LogP contribution in [0.1, 0.15) is 6.42 Å². The molecule has 0 amide bonds. The topological polar surface area (TPSA) is 63.6 Å². The SMILES string of the molecule is COC(=O)CC(=O)O.[KH]. The van der Waals surface area contributed by atoms with Crippen LogP contribution in [0.25, 0.3) is 0 Å². The van der Waals surface area contributed by atoms with Crippen molar-refractivity contribution in [1.82, 2.24) is 0 Å². The normalized spacial score (nSPS) is 7.22. The molecule has 0 rings (SSSR count). The van der Waals surface area contributed by atoms with Crippen LogP contribution in [0.2, 0.25) is 0 Å². The van der Waals surface area contributed by atoms with Gasteiger partial charge in [0, 0.05) is 0 Å². The van der Waals surface area contributed by atoms with Crippen LogP contribution in [0.15, 0.2) is 0 Å². The molecule has 0 saturated carbocycles. The van der Waals surface area contributed by atoms with E-state index in [0.717, 1.165) is 7.11 Å². The van der Waals surface area contributed by atoms with Crippen molar-refractivity contribution in [2.75, 3.05) is 7.11 Å². The molecule has 0 aromatic rings. The van der Waals surface area contributed by atoms with Crippen LogP contribution >= 0.6 is 0 Å². The van der Waals surface area contributed by atoms with Gasteiger partial charge in [-0.15, -0.1) is 0 Å². The van der Waals surface area contributed by atoms with Gasteiger partial charge in [-0.25, -0.2) is 0 Å². The summed E-state index contributed by atoms with van der Waals surface area (Å²) in [6.07, 6.45) is -0.559. The van der Waals surface area contributed by atoms with Gasteiger partial charge in [0.15, 0.2) is 0 Å². The third kappa shape index (κ3) is 8.58. The molecular formula is C4H7KO4. The molecule has 48 valence electrons. The Bertz CT molecular complexity index is 111. The van der Waals surface area contributed by atoms with Crippen LogP contribution < -0.4 is 0 Å². The number of aliphatic carboxylic acids is 1. The summed E-state index contributed by atoms with van der Waals surface area (Å²) in [5.41, 5.74) is 0. The van der Waals surface area contributed by atoms with E-state index in [9.17, 15) is 9.59 Å². The van der Waals surface area contributed by atoms with Crippen molar-refractivity contribution in [3.8, 4) is 0 Å². The van der Waals surface area contributed by atoms with Gasteiger partial charge in [-0.2, -0.15) is 0 Å². The van der Waals surface area contributed by atoms with E-state index in [-0.39, 0.29) is 51.4 Å². The van der Waals surface area contributed by atoms with Crippen molar-refractivity contribution in [3.63, 3.8) is 0 Å². The van der Waals surface area contributed by atoms with E-state index in [4.69, 9.17) is 5.11 Å². The second-order valence-electron chi connectivity index (χ2n) is 1.15. The molecule has 9 heavy (non-hydrogen) atoms. The van der Waals surface area contributed by atoms with Crippen molar-refractivity contribution in [2.24, 2.45) is 0 Å². The second-order valence-corrected chi connectivity index (χ2v) is 1.15. The van der Waals surface area contributed by atoms with E-state index in [0.29, 0.717) is 0 Å². The van der Waals surface area contributed by atoms with Gasteiger partial charge < -0.3 is 9.84 Å². The van der Waals surface area contributed by atoms with Gasteiger partial charge in [0.1, 0.15) is 6.42 Å². The summed E-state index contributed by atoms with van der Waals surface area (Å²) in [6, 6.07) is 0. The molecule has 0 heterocycles. The van der Waals surface area contributed by atoms with Gasteiger partial charge in [0.05, 0.1) is 7.11 Å². The number of carbonyl (C=O) groups excluding carboxylic acids is 1. The van der Waals surface area contributed by atoms with Crippen molar-refractivity contribution in [3.05, 3.63) is 0 Å². The first-order valence-electron chi connectivity index (χ1n) is 1.95. The third-order valence-electron chi connectivity index (χ3n) is 0.523. The summed E-state index contributed by atoms with van der Waals surface area (Å²) >= 11 is 0. The van der Waals surface area contributed by atoms with Crippen LogP contribution in [-0.4, -0.2) is 75.5 Å². The number of carbonyl (C=O) groups is 2. The van der Waals surface area contributed by atoms with Crippen molar-refractivity contribution >= 4 is 63.3 Å². The van der Waals surface area contributed by atoms with E-state index >= 15 is 0 Å². The predicted molar refractivity (Wildman–Crippen MR) is 31.4 cm³/mol. The average molecular weight is 158 g/mol. The van der Waals surface area contributed by atoms with Crippen LogP contribution in [0.4, 0.5) is 0 Å². The fraction of sp³-hybridized carbons (Fsp3) is 0.500. The third-order valence-corrected chi connectivity index (χ3v) is 0.523. The molecule has 1 N–H and O–H groups in total. The summed E-state index contributed by atoms with van der Waals surface area (Å²) in [4.78, 5) is 19.7. The van der Waals surface area contributed by atoms with E-state index in [1.165, 1.54) is 0 Å². The monoisotopic (exact) mass is 158 g/mol. The quantitative estimate of drug-likeness (QED) is 0.317. The van der Waals surface area contributed by atoms with Gasteiger partial charge in [-0.3, -0.25) is 9.59 Å². The Morgan fingerprint density at radius 2 is 2.00 bits per heavy atom. The van der Waals surface area contributed by atoms with Crippen LogP contribution in [0, 0.1) is 0 Å². The predicted octanol–water partition coefficient (Wildman–Crippen LogP) is -1.01. The Morgan fingerprint density at radius 3 is 2.11 bits per heavy atom. The molecule has 0 saturated heterocycles. The standard InChI is InChI=1S/C4H6O4.K.H/c1-8-4(7)2-3(5)6;;/h2H2,1H3,(H,5,6);;. The molecule has 0 aromatic heterocycles. The van der Waals surface area contributed by atoms with Crippen LogP contribution in [0.3, 0.4) is 0 Å². The van der Waals surface area contributed by atoms with Crippen LogP contribution in [-0.2, 0) is 14.3 Å². The number of carboxylic acids is 1. The Balaban J connectivity index is 0. The number of hydrogen-bond donors (Lipinski definition) is 1. The molecule has 0 aliphatic rings. The molecule has 0 aliphatic heterocycles. The van der Waals surface area contributed by atoms with Gasteiger partial charge in [0.2, 0.25) is 0 Å². The van der Waals surface area contributed by atoms with E-state index in [1.807, 2.05) is 0 Å². The molecule has 0 spiro atoms. The van der Waals surface area contributed by atoms with E-state index in [2.05, 4.69) is 4.74 Å². The Morgan fingerprint density at radius 1 is 1.56 bits per heavy atom. The summed E-state index contributed by atoms with van der Waals surface area (Å²) in [6.45, 7) is 0. The maximum atomic E-state index is 10.0. The van der Waals surface area contributed by atoms with E-state index in [1.54, 1.807) is 0 Å². The molecule has 5 heteroatoms. The number of methoxy groups -OCH3 is 1. The van der Waals surface area contributed by atoms with Gasteiger partial charge in [-0.1, -0.05) is 0 Å². The summed E-state index contributed by atoms with van der Waals surface area (Å²) < 4.78 is 4.04. The number of rotatable bonds is 2. The minimum absolute atomic E-state index is 0.